The van der Waals surface area contributed by atoms with Crippen molar-refractivity contribution >= 4 is 5.91 Å². The molecule has 0 radical (unpaired) electrons. The molecule has 0 aromatic heterocycles. The van der Waals surface area contributed by atoms with Crippen molar-refractivity contribution in [1.29, 1.82) is 0 Å². The number of methoxy groups -OCH3 is 1. The maximum atomic E-state index is 12.6. The summed E-state index contributed by atoms with van der Waals surface area (Å²) in [6.07, 6.45) is 2.41. The van der Waals surface area contributed by atoms with Gasteiger partial charge in [0.25, 0.3) is 0 Å². The van der Waals surface area contributed by atoms with Crippen LogP contribution in [0.1, 0.15) is 26.2 Å². The number of hydrogen-bond donors (Lipinski definition) is 1. The third-order valence-electron chi connectivity index (χ3n) is 5.49. The Morgan fingerprint density at radius 2 is 2.04 bits per heavy atom. The monoisotopic (exact) mass is 327 g/mol. The molecule has 134 valence electrons. The average molecular weight is 327 g/mol. The number of piperidine rings is 1. The molecule has 2 aliphatic heterocycles. The molecular formula is C17H33N3O3. The number of amides is 1. The van der Waals surface area contributed by atoms with Gasteiger partial charge in [-0.1, -0.05) is 6.92 Å². The zero-order valence-electron chi connectivity index (χ0n) is 15.0. The lowest BCUT2D eigenvalue weighted by Crippen LogP contribution is -2.54. The van der Waals surface area contributed by atoms with Crippen molar-refractivity contribution in [2.45, 2.75) is 31.8 Å². The first-order chi connectivity index (χ1) is 10.9. The number of rotatable bonds is 5. The Bertz CT molecular complexity index is 393. The van der Waals surface area contributed by atoms with Crippen LogP contribution in [-0.4, -0.2) is 97.9 Å². The molecule has 6 heteroatoms. The van der Waals surface area contributed by atoms with E-state index < -0.39 is 5.60 Å². The van der Waals surface area contributed by atoms with E-state index in [-0.39, 0.29) is 11.8 Å². The number of likely N-dealkylation sites (N-methyl/N-ethyl adjacent to an activating group) is 1. The van der Waals surface area contributed by atoms with E-state index in [2.05, 4.69) is 16.8 Å². The van der Waals surface area contributed by atoms with E-state index in [0.29, 0.717) is 39.1 Å². The molecule has 6 nitrogen and oxygen atoms in total. The Morgan fingerprint density at radius 1 is 1.26 bits per heavy atom. The maximum absolute atomic E-state index is 12.6. The minimum absolute atomic E-state index is 0.0885. The lowest BCUT2D eigenvalue weighted by molar-refractivity contribution is -0.141. The molecule has 1 amide bonds. The first-order valence-corrected chi connectivity index (χ1v) is 8.84. The lowest BCUT2D eigenvalue weighted by Gasteiger charge is -2.43. The molecule has 2 fully saturated rings. The van der Waals surface area contributed by atoms with E-state index in [1.165, 1.54) is 0 Å². The maximum Gasteiger partial charge on any atom is 0.236 e. The van der Waals surface area contributed by atoms with Gasteiger partial charge in [0.15, 0.2) is 0 Å². The molecule has 1 N–H and O–H groups in total. The molecule has 2 rings (SSSR count). The number of aliphatic hydroxyl groups is 1. The SMILES string of the molecule is COCC[C@]1(O)CCN(C(=O)CN2CCCN(C)CC2)C[C@H]1C. The summed E-state index contributed by atoms with van der Waals surface area (Å²) in [6, 6.07) is 0. The molecule has 0 aromatic rings. The van der Waals surface area contributed by atoms with Crippen molar-refractivity contribution in [3.8, 4) is 0 Å². The van der Waals surface area contributed by atoms with Crippen LogP contribution in [0.3, 0.4) is 0 Å². The Morgan fingerprint density at radius 3 is 2.74 bits per heavy atom. The van der Waals surface area contributed by atoms with Crippen molar-refractivity contribution in [1.82, 2.24) is 14.7 Å². The lowest BCUT2D eigenvalue weighted by atomic mass is 9.80. The molecule has 0 aromatic carbocycles. The summed E-state index contributed by atoms with van der Waals surface area (Å²) in [6.45, 7) is 8.51. The molecule has 0 unspecified atom stereocenters. The zero-order chi connectivity index (χ0) is 16.9. The van der Waals surface area contributed by atoms with Gasteiger partial charge in [-0.15, -0.1) is 0 Å². The zero-order valence-corrected chi connectivity index (χ0v) is 15.0. The average Bonchev–Trinajstić information content (AvgIpc) is 2.73. The second-order valence-electron chi connectivity index (χ2n) is 7.27. The molecule has 0 bridgehead atoms. The van der Waals surface area contributed by atoms with Gasteiger partial charge in [0, 0.05) is 45.8 Å². The largest absolute Gasteiger partial charge is 0.389 e. The Hall–Kier alpha value is -0.690. The number of nitrogens with zero attached hydrogens (tertiary/aromatic N) is 3. The smallest absolute Gasteiger partial charge is 0.236 e. The molecule has 2 saturated heterocycles. The van der Waals surface area contributed by atoms with Crippen LogP contribution < -0.4 is 0 Å². The number of likely N-dealkylation sites (tertiary alicyclic amines) is 1. The normalized spacial score (nSPS) is 31.1. The molecular weight excluding hydrogens is 294 g/mol. The van der Waals surface area contributed by atoms with Crippen molar-refractivity contribution in [2.75, 3.05) is 66.6 Å². The van der Waals surface area contributed by atoms with Crippen LogP contribution in [0.15, 0.2) is 0 Å². The van der Waals surface area contributed by atoms with Crippen LogP contribution in [-0.2, 0) is 9.53 Å². The van der Waals surface area contributed by atoms with Gasteiger partial charge in [0.1, 0.15) is 0 Å². The third-order valence-corrected chi connectivity index (χ3v) is 5.49. The highest BCUT2D eigenvalue weighted by atomic mass is 16.5. The summed E-state index contributed by atoms with van der Waals surface area (Å²) in [5.41, 5.74) is -0.696. The molecule has 2 heterocycles. The van der Waals surface area contributed by atoms with E-state index in [1.807, 2.05) is 11.8 Å². The minimum atomic E-state index is -0.696. The predicted molar refractivity (Wildman–Crippen MR) is 90.4 cm³/mol. The number of hydrogen-bond acceptors (Lipinski definition) is 5. The fourth-order valence-corrected chi connectivity index (χ4v) is 3.59. The van der Waals surface area contributed by atoms with Gasteiger partial charge in [-0.3, -0.25) is 9.69 Å². The van der Waals surface area contributed by atoms with Crippen LogP contribution in [0.4, 0.5) is 0 Å². The second-order valence-corrected chi connectivity index (χ2v) is 7.27. The van der Waals surface area contributed by atoms with Gasteiger partial charge in [-0.05, 0) is 39.4 Å². The standard InChI is InChI=1S/C17H33N3O3/c1-15-13-20(9-5-17(15,22)6-12-23-3)16(21)14-19-8-4-7-18(2)10-11-19/h15,22H,4-14H2,1-3H3/t15-,17-/m1/s1. The highest BCUT2D eigenvalue weighted by Gasteiger charge is 2.39. The van der Waals surface area contributed by atoms with Gasteiger partial charge < -0.3 is 19.6 Å². The van der Waals surface area contributed by atoms with Crippen LogP contribution in [0.2, 0.25) is 0 Å². The molecule has 23 heavy (non-hydrogen) atoms. The Kier molecular flexibility index (Phi) is 6.83. The Labute approximate surface area is 140 Å². The predicted octanol–water partition coefficient (Wildman–Crippen LogP) is 0.260. The summed E-state index contributed by atoms with van der Waals surface area (Å²) in [4.78, 5) is 19.1. The van der Waals surface area contributed by atoms with E-state index in [9.17, 15) is 9.90 Å². The van der Waals surface area contributed by atoms with Crippen molar-refractivity contribution < 1.29 is 14.6 Å². The van der Waals surface area contributed by atoms with Crippen LogP contribution in [0.25, 0.3) is 0 Å². The minimum Gasteiger partial charge on any atom is -0.389 e. The van der Waals surface area contributed by atoms with Gasteiger partial charge >= 0.3 is 0 Å². The molecule has 0 saturated carbocycles. The van der Waals surface area contributed by atoms with Crippen LogP contribution in [0.5, 0.6) is 0 Å². The van der Waals surface area contributed by atoms with Gasteiger partial charge in [0.05, 0.1) is 12.1 Å². The molecule has 0 aliphatic carbocycles. The third kappa shape index (κ3) is 5.14. The highest BCUT2D eigenvalue weighted by Crippen LogP contribution is 2.31. The molecule has 2 aliphatic rings. The highest BCUT2D eigenvalue weighted by molar-refractivity contribution is 5.78. The van der Waals surface area contributed by atoms with Gasteiger partial charge in [0.2, 0.25) is 5.91 Å². The fourth-order valence-electron chi connectivity index (χ4n) is 3.59. The number of carbonyl (C=O) groups excluding carboxylic acids is 1. The van der Waals surface area contributed by atoms with Crippen molar-refractivity contribution in [2.24, 2.45) is 5.92 Å². The second kappa shape index (κ2) is 8.42. The molecule has 0 spiro atoms. The van der Waals surface area contributed by atoms with Crippen molar-refractivity contribution in [3.63, 3.8) is 0 Å². The number of ether oxygens (including phenoxy) is 1. The van der Waals surface area contributed by atoms with Crippen LogP contribution in [0, 0.1) is 5.92 Å². The summed E-state index contributed by atoms with van der Waals surface area (Å²) < 4.78 is 5.10. The summed E-state index contributed by atoms with van der Waals surface area (Å²) in [5, 5.41) is 10.7. The van der Waals surface area contributed by atoms with E-state index in [0.717, 1.165) is 32.6 Å². The molecule has 2 atom stereocenters. The fraction of sp³-hybridized carbons (Fsp3) is 0.941. The topological polar surface area (TPSA) is 56.3 Å². The first-order valence-electron chi connectivity index (χ1n) is 8.84. The van der Waals surface area contributed by atoms with Gasteiger partial charge in [-0.25, -0.2) is 0 Å². The van der Waals surface area contributed by atoms with E-state index >= 15 is 0 Å². The number of carbonyl (C=O) groups is 1. The van der Waals surface area contributed by atoms with Crippen LogP contribution >= 0.6 is 0 Å². The Balaban J connectivity index is 1.82. The summed E-state index contributed by atoms with van der Waals surface area (Å²) in [5.74, 6) is 0.292. The summed E-state index contributed by atoms with van der Waals surface area (Å²) in [7, 11) is 3.80. The van der Waals surface area contributed by atoms with Crippen molar-refractivity contribution in [3.05, 3.63) is 0 Å². The first kappa shape index (κ1) is 18.6. The van der Waals surface area contributed by atoms with Gasteiger partial charge in [-0.2, -0.15) is 0 Å². The van der Waals surface area contributed by atoms with E-state index in [1.54, 1.807) is 7.11 Å². The quantitative estimate of drug-likeness (QED) is 0.785. The summed E-state index contributed by atoms with van der Waals surface area (Å²) >= 11 is 0. The van der Waals surface area contributed by atoms with E-state index in [4.69, 9.17) is 4.74 Å².